The zero-order valence-electron chi connectivity index (χ0n) is 9.59. The minimum atomic E-state index is -0.979. The van der Waals surface area contributed by atoms with E-state index in [9.17, 15) is 4.79 Å². The molecule has 92 valence electrons. The van der Waals surface area contributed by atoms with Gasteiger partial charge in [-0.05, 0) is 23.8 Å². The average molecular weight is 244 g/mol. The van der Waals surface area contributed by atoms with Crippen molar-refractivity contribution in [2.45, 2.75) is 0 Å². The van der Waals surface area contributed by atoms with Crippen LogP contribution in [-0.2, 0) is 9.63 Å². The van der Waals surface area contributed by atoms with E-state index in [1.807, 2.05) is 30.3 Å². The lowest BCUT2D eigenvalue weighted by Crippen LogP contribution is -2.28. The van der Waals surface area contributed by atoms with Gasteiger partial charge in [-0.1, -0.05) is 18.2 Å². The molecule has 2 aliphatic rings. The van der Waals surface area contributed by atoms with E-state index in [4.69, 9.17) is 9.94 Å². The lowest BCUT2D eigenvalue weighted by molar-refractivity contribution is -0.141. The van der Waals surface area contributed by atoms with Gasteiger partial charge >= 0.3 is 5.97 Å². The minimum Gasteiger partial charge on any atom is -0.477 e. The zero-order chi connectivity index (χ0) is 12.5. The Morgan fingerprint density at radius 3 is 3.06 bits per heavy atom. The molecule has 18 heavy (non-hydrogen) atoms. The Hall–Kier alpha value is -2.27. The van der Waals surface area contributed by atoms with Crippen LogP contribution in [0.1, 0.15) is 5.56 Å². The topological polar surface area (TPSA) is 61.8 Å². The van der Waals surface area contributed by atoms with Crippen LogP contribution in [0.15, 0.2) is 41.7 Å². The maximum absolute atomic E-state index is 11.1. The predicted octanol–water partition coefficient (Wildman–Crippen LogP) is 1.67. The molecule has 0 saturated heterocycles. The van der Waals surface area contributed by atoms with E-state index in [-0.39, 0.29) is 5.70 Å². The first-order chi connectivity index (χ1) is 8.75. The van der Waals surface area contributed by atoms with Gasteiger partial charge in [-0.15, -0.1) is 0 Å². The van der Waals surface area contributed by atoms with Gasteiger partial charge in [0.1, 0.15) is 0 Å². The average Bonchev–Trinajstić information content (AvgIpc) is 2.87. The largest absolute Gasteiger partial charge is 0.477 e. The molecular formula is C13H12N2O3. The van der Waals surface area contributed by atoms with E-state index in [1.54, 1.807) is 6.08 Å². The third-order valence-corrected chi connectivity index (χ3v) is 2.92. The van der Waals surface area contributed by atoms with E-state index in [0.29, 0.717) is 13.2 Å². The molecular weight excluding hydrogens is 232 g/mol. The second-order valence-electron chi connectivity index (χ2n) is 4.06. The number of rotatable bonds is 2. The van der Waals surface area contributed by atoms with Gasteiger partial charge in [0.2, 0.25) is 0 Å². The summed E-state index contributed by atoms with van der Waals surface area (Å²) in [6.07, 6.45) is 3.50. The first kappa shape index (κ1) is 10.9. The van der Waals surface area contributed by atoms with Crippen LogP contribution in [-0.4, -0.2) is 29.3 Å². The maximum Gasteiger partial charge on any atom is 0.354 e. The smallest absolute Gasteiger partial charge is 0.354 e. The maximum atomic E-state index is 11.1. The molecule has 1 aromatic rings. The van der Waals surface area contributed by atoms with Crippen molar-refractivity contribution in [3.05, 3.63) is 47.3 Å². The highest BCUT2D eigenvalue weighted by molar-refractivity contribution is 5.87. The second kappa shape index (κ2) is 4.19. The Morgan fingerprint density at radius 2 is 2.22 bits per heavy atom. The van der Waals surface area contributed by atoms with Gasteiger partial charge in [-0.3, -0.25) is 4.84 Å². The molecule has 2 aliphatic heterocycles. The molecule has 5 heteroatoms. The fourth-order valence-corrected chi connectivity index (χ4v) is 2.09. The summed E-state index contributed by atoms with van der Waals surface area (Å²) in [5.74, 6) is -0.979. The summed E-state index contributed by atoms with van der Waals surface area (Å²) in [7, 11) is 0. The van der Waals surface area contributed by atoms with Gasteiger partial charge in [0.05, 0.1) is 18.8 Å². The van der Waals surface area contributed by atoms with E-state index < -0.39 is 5.97 Å². The molecule has 0 aromatic heterocycles. The quantitative estimate of drug-likeness (QED) is 0.828. The van der Waals surface area contributed by atoms with Crippen molar-refractivity contribution in [2.24, 2.45) is 0 Å². The fourth-order valence-electron chi connectivity index (χ4n) is 2.09. The molecule has 0 atom stereocenters. The van der Waals surface area contributed by atoms with Crippen molar-refractivity contribution < 1.29 is 14.7 Å². The number of anilines is 1. The van der Waals surface area contributed by atoms with Crippen LogP contribution in [0.5, 0.6) is 0 Å². The molecule has 0 unspecified atom stereocenters. The fraction of sp³-hybridized carbons (Fsp3) is 0.154. The zero-order valence-corrected chi connectivity index (χ0v) is 9.59. The van der Waals surface area contributed by atoms with Gasteiger partial charge in [0, 0.05) is 5.69 Å². The third kappa shape index (κ3) is 1.74. The van der Waals surface area contributed by atoms with Crippen molar-refractivity contribution >= 4 is 17.7 Å². The number of hydrogen-bond acceptors (Lipinski definition) is 4. The Bertz CT molecular complexity index is 563. The number of aliphatic carboxylic acids is 1. The Labute approximate surface area is 104 Å². The lowest BCUT2D eigenvalue weighted by Gasteiger charge is -2.26. The highest BCUT2D eigenvalue weighted by Gasteiger charge is 2.27. The summed E-state index contributed by atoms with van der Waals surface area (Å²) in [6, 6.07) is 7.86. The summed E-state index contributed by atoms with van der Waals surface area (Å²) < 4.78 is 0. The molecule has 0 radical (unpaired) electrons. The monoisotopic (exact) mass is 244 g/mol. The summed E-state index contributed by atoms with van der Waals surface area (Å²) in [5.41, 5.74) is 3.03. The number of nitrogens with zero attached hydrogens (tertiary/aromatic N) is 1. The minimum absolute atomic E-state index is 0.169. The van der Waals surface area contributed by atoms with Crippen LogP contribution in [0.3, 0.4) is 0 Å². The normalized spacial score (nSPS) is 17.7. The van der Waals surface area contributed by atoms with Gasteiger partial charge in [0.25, 0.3) is 0 Å². The third-order valence-electron chi connectivity index (χ3n) is 2.92. The molecule has 2 N–H and O–H groups in total. The van der Waals surface area contributed by atoms with Crippen LogP contribution >= 0.6 is 0 Å². The Morgan fingerprint density at radius 1 is 1.39 bits per heavy atom. The number of hydroxylamine groups is 2. The number of carbonyl (C=O) groups is 1. The molecule has 0 amide bonds. The van der Waals surface area contributed by atoms with Crippen molar-refractivity contribution in [1.29, 1.82) is 0 Å². The molecule has 0 fully saturated rings. The summed E-state index contributed by atoms with van der Waals surface area (Å²) in [6.45, 7) is 0.836. The van der Waals surface area contributed by atoms with Gasteiger partial charge in [0.15, 0.2) is 5.70 Å². The van der Waals surface area contributed by atoms with Crippen molar-refractivity contribution in [2.75, 3.05) is 18.5 Å². The van der Waals surface area contributed by atoms with Gasteiger partial charge < -0.3 is 10.4 Å². The molecule has 0 spiro atoms. The number of nitrogens with one attached hydrogen (secondary N) is 1. The van der Waals surface area contributed by atoms with E-state index >= 15 is 0 Å². The number of hydrogen-bond donors (Lipinski definition) is 2. The van der Waals surface area contributed by atoms with Gasteiger partial charge in [-0.25, -0.2) is 9.86 Å². The van der Waals surface area contributed by atoms with Crippen molar-refractivity contribution in [1.82, 2.24) is 5.06 Å². The second-order valence-corrected chi connectivity index (χ2v) is 4.06. The van der Waals surface area contributed by atoms with Crippen molar-refractivity contribution in [3.8, 4) is 0 Å². The summed E-state index contributed by atoms with van der Waals surface area (Å²) in [5, 5.41) is 13.7. The van der Waals surface area contributed by atoms with E-state index in [2.05, 4.69) is 5.32 Å². The number of benzene rings is 1. The number of carboxylic acid groups (broad SMARTS) is 1. The predicted molar refractivity (Wildman–Crippen MR) is 66.4 cm³/mol. The number of carboxylic acids is 1. The van der Waals surface area contributed by atoms with Crippen LogP contribution in [0.4, 0.5) is 5.69 Å². The SMILES string of the molecule is O=C(O)C1=CCON1C1=Cc2ccccc2NC1. The first-order valence-electron chi connectivity index (χ1n) is 5.65. The number of fused-ring (bicyclic) bond motifs is 1. The van der Waals surface area contributed by atoms with Crippen LogP contribution in [0.25, 0.3) is 6.08 Å². The Balaban J connectivity index is 1.93. The Kier molecular flexibility index (Phi) is 2.53. The highest BCUT2D eigenvalue weighted by Crippen LogP contribution is 2.28. The van der Waals surface area contributed by atoms with Gasteiger partial charge in [-0.2, -0.15) is 0 Å². The van der Waals surface area contributed by atoms with Crippen LogP contribution < -0.4 is 5.32 Å². The van der Waals surface area contributed by atoms with E-state index in [0.717, 1.165) is 16.9 Å². The summed E-state index contributed by atoms with van der Waals surface area (Å²) >= 11 is 0. The standard InChI is InChI=1S/C13H12N2O3/c16-13(17)12-5-6-18-15(12)10-7-9-3-1-2-4-11(9)14-8-10/h1-5,7,14H,6,8H2,(H,16,17). The van der Waals surface area contributed by atoms with Crippen LogP contribution in [0.2, 0.25) is 0 Å². The molecule has 3 rings (SSSR count). The highest BCUT2D eigenvalue weighted by atomic mass is 16.7. The molecule has 0 aliphatic carbocycles. The molecule has 1 aromatic carbocycles. The van der Waals surface area contributed by atoms with Crippen molar-refractivity contribution in [3.63, 3.8) is 0 Å². The molecule has 2 heterocycles. The number of para-hydroxylation sites is 1. The van der Waals surface area contributed by atoms with Crippen LogP contribution in [0, 0.1) is 0 Å². The first-order valence-corrected chi connectivity index (χ1v) is 5.65. The molecule has 0 saturated carbocycles. The summed E-state index contributed by atoms with van der Waals surface area (Å²) in [4.78, 5) is 16.4. The van der Waals surface area contributed by atoms with E-state index in [1.165, 1.54) is 5.06 Å². The molecule has 0 bridgehead atoms. The lowest BCUT2D eigenvalue weighted by atomic mass is 10.1. The molecule has 5 nitrogen and oxygen atoms in total.